The van der Waals surface area contributed by atoms with Gasteiger partial charge in [0, 0.05) is 11.8 Å². The van der Waals surface area contributed by atoms with Crippen molar-refractivity contribution in [3.63, 3.8) is 0 Å². The molecule has 0 saturated carbocycles. The van der Waals surface area contributed by atoms with Crippen molar-refractivity contribution in [1.82, 2.24) is 15.2 Å². The van der Waals surface area contributed by atoms with Gasteiger partial charge in [0.1, 0.15) is 0 Å². The summed E-state index contributed by atoms with van der Waals surface area (Å²) in [5, 5.41) is 8.67. The monoisotopic (exact) mass is 310 g/mol. The summed E-state index contributed by atoms with van der Waals surface area (Å²) in [6.45, 7) is 1.71. The molecule has 0 bridgehead atoms. The van der Waals surface area contributed by atoms with Gasteiger partial charge in [-0.1, -0.05) is 6.07 Å². The molecule has 1 amide bonds. The number of carbonyl (C=O) groups is 1. The molecule has 0 aliphatic carbocycles. The molecule has 0 aliphatic rings. The number of hydrogen-bond acceptors (Lipinski definition) is 6. The van der Waals surface area contributed by atoms with Gasteiger partial charge in [-0.15, -0.1) is 5.10 Å². The van der Waals surface area contributed by atoms with E-state index in [1.807, 2.05) is 0 Å². The number of rotatable bonds is 4. The predicted octanol–water partition coefficient (Wildman–Crippen LogP) is 0.778. The first-order chi connectivity index (χ1) is 9.81. The van der Waals surface area contributed by atoms with Gasteiger partial charge in [0.15, 0.2) is 9.84 Å². The number of anilines is 1. The molecule has 0 radical (unpaired) electrons. The maximum atomic E-state index is 12.2. The van der Waals surface area contributed by atoms with Crippen molar-refractivity contribution >= 4 is 21.7 Å². The minimum absolute atomic E-state index is 0.0772. The summed E-state index contributed by atoms with van der Waals surface area (Å²) < 4.78 is 27.9. The van der Waals surface area contributed by atoms with Crippen LogP contribution in [0.3, 0.4) is 0 Å². The molecule has 0 atom stereocenters. The highest BCUT2D eigenvalue weighted by atomic mass is 32.2. The lowest BCUT2D eigenvalue weighted by Crippen LogP contribution is -2.15. The van der Waals surface area contributed by atoms with Crippen LogP contribution in [0.1, 0.15) is 15.9 Å². The summed E-state index contributed by atoms with van der Waals surface area (Å²) in [7, 11) is -1.99. The van der Waals surface area contributed by atoms with Crippen LogP contribution in [-0.4, -0.2) is 42.9 Å². The van der Waals surface area contributed by atoms with Gasteiger partial charge in [0.25, 0.3) is 5.91 Å². The van der Waals surface area contributed by atoms with E-state index in [9.17, 15) is 13.2 Å². The van der Waals surface area contributed by atoms with Crippen LogP contribution in [0.15, 0.2) is 23.1 Å². The van der Waals surface area contributed by atoms with E-state index in [1.165, 1.54) is 19.2 Å². The summed E-state index contributed by atoms with van der Waals surface area (Å²) >= 11 is 0. The number of aryl methyl sites for hydroxylation is 1. The summed E-state index contributed by atoms with van der Waals surface area (Å²) in [6, 6.07) is 4.45. The van der Waals surface area contributed by atoms with Crippen molar-refractivity contribution in [1.29, 1.82) is 0 Å². The molecule has 1 aromatic carbocycles. The number of ether oxygens (including phenoxy) is 1. The van der Waals surface area contributed by atoms with Gasteiger partial charge in [-0.25, -0.2) is 13.5 Å². The Morgan fingerprint density at radius 3 is 2.67 bits per heavy atom. The van der Waals surface area contributed by atoms with Crippen molar-refractivity contribution in [2.24, 2.45) is 0 Å². The number of benzene rings is 1. The van der Waals surface area contributed by atoms with E-state index in [2.05, 4.69) is 20.5 Å². The third-order valence-electron chi connectivity index (χ3n) is 2.76. The lowest BCUT2D eigenvalue weighted by Gasteiger charge is -2.07. The SMILES string of the molecule is COc1n[nH]c(NC(=O)c2cc(S(C)(=O)=O)ccc2C)n1. The van der Waals surface area contributed by atoms with Crippen LogP contribution in [0.5, 0.6) is 6.01 Å². The van der Waals surface area contributed by atoms with E-state index >= 15 is 0 Å². The molecule has 0 unspecified atom stereocenters. The van der Waals surface area contributed by atoms with Gasteiger partial charge in [-0.2, -0.15) is 4.98 Å². The fraction of sp³-hybridized carbons (Fsp3) is 0.250. The molecular weight excluding hydrogens is 296 g/mol. The number of H-pyrrole nitrogens is 1. The minimum Gasteiger partial charge on any atom is -0.466 e. The molecule has 2 rings (SSSR count). The first kappa shape index (κ1) is 15.0. The molecule has 0 spiro atoms. The van der Waals surface area contributed by atoms with E-state index in [1.54, 1.807) is 13.0 Å². The van der Waals surface area contributed by atoms with E-state index in [0.29, 0.717) is 5.56 Å². The van der Waals surface area contributed by atoms with E-state index in [4.69, 9.17) is 4.74 Å². The number of hydrogen-bond donors (Lipinski definition) is 2. The Hall–Kier alpha value is -2.42. The molecule has 9 heteroatoms. The molecule has 1 heterocycles. The maximum absolute atomic E-state index is 12.2. The number of carbonyl (C=O) groups excluding carboxylic acids is 1. The second kappa shape index (κ2) is 5.52. The Morgan fingerprint density at radius 1 is 1.38 bits per heavy atom. The Labute approximate surface area is 121 Å². The number of nitrogens with one attached hydrogen (secondary N) is 2. The van der Waals surface area contributed by atoms with Crippen LogP contribution in [0.25, 0.3) is 0 Å². The molecule has 2 N–H and O–H groups in total. The quantitative estimate of drug-likeness (QED) is 0.862. The highest BCUT2D eigenvalue weighted by molar-refractivity contribution is 7.90. The average molecular weight is 310 g/mol. The van der Waals surface area contributed by atoms with Gasteiger partial charge < -0.3 is 4.74 Å². The highest BCUT2D eigenvalue weighted by Gasteiger charge is 2.16. The van der Waals surface area contributed by atoms with Crippen molar-refractivity contribution in [3.8, 4) is 6.01 Å². The van der Waals surface area contributed by atoms with E-state index < -0.39 is 15.7 Å². The Morgan fingerprint density at radius 2 is 2.10 bits per heavy atom. The first-order valence-electron chi connectivity index (χ1n) is 5.89. The van der Waals surface area contributed by atoms with E-state index in [-0.39, 0.29) is 22.4 Å². The number of aromatic amines is 1. The fourth-order valence-corrected chi connectivity index (χ4v) is 2.29. The molecule has 0 fully saturated rings. The number of sulfone groups is 1. The van der Waals surface area contributed by atoms with E-state index in [0.717, 1.165) is 6.26 Å². The third kappa shape index (κ3) is 3.37. The lowest BCUT2D eigenvalue weighted by atomic mass is 10.1. The van der Waals surface area contributed by atoms with Gasteiger partial charge in [0.05, 0.1) is 12.0 Å². The number of nitrogens with zero attached hydrogens (tertiary/aromatic N) is 2. The normalized spacial score (nSPS) is 11.2. The van der Waals surface area contributed by atoms with Gasteiger partial charge in [-0.3, -0.25) is 10.1 Å². The second-order valence-corrected chi connectivity index (χ2v) is 6.39. The van der Waals surface area contributed by atoms with Crippen LogP contribution in [-0.2, 0) is 9.84 Å². The van der Waals surface area contributed by atoms with Crippen molar-refractivity contribution in [2.45, 2.75) is 11.8 Å². The van der Waals surface area contributed by atoms with Crippen LogP contribution in [0.4, 0.5) is 5.95 Å². The summed E-state index contributed by atoms with van der Waals surface area (Å²) in [4.78, 5) is 16.1. The number of amides is 1. The Bertz CT molecular complexity index is 782. The second-order valence-electron chi connectivity index (χ2n) is 4.37. The van der Waals surface area contributed by atoms with Crippen LogP contribution in [0, 0.1) is 6.92 Å². The predicted molar refractivity (Wildman–Crippen MR) is 75.2 cm³/mol. The van der Waals surface area contributed by atoms with Crippen LogP contribution >= 0.6 is 0 Å². The third-order valence-corrected chi connectivity index (χ3v) is 3.87. The molecule has 112 valence electrons. The molecule has 0 aliphatic heterocycles. The van der Waals surface area contributed by atoms with Crippen molar-refractivity contribution in [3.05, 3.63) is 29.3 Å². The molecular formula is C12H14N4O4S. The summed E-state index contributed by atoms with van der Waals surface area (Å²) in [6.07, 6.45) is 1.08. The van der Waals surface area contributed by atoms with Gasteiger partial charge in [-0.05, 0) is 24.6 Å². The maximum Gasteiger partial charge on any atom is 0.336 e. The average Bonchev–Trinajstić information content (AvgIpc) is 2.85. The van der Waals surface area contributed by atoms with Crippen molar-refractivity contribution in [2.75, 3.05) is 18.7 Å². The standard InChI is InChI=1S/C12H14N4O4S/c1-7-4-5-8(21(3,18)19)6-9(7)10(17)13-11-14-12(20-2)16-15-11/h4-6H,1-3H3,(H2,13,14,15,16,17). The first-order valence-corrected chi connectivity index (χ1v) is 7.79. The molecule has 0 saturated heterocycles. The lowest BCUT2D eigenvalue weighted by molar-refractivity contribution is 0.102. The van der Waals surface area contributed by atoms with Gasteiger partial charge >= 0.3 is 6.01 Å². The summed E-state index contributed by atoms with van der Waals surface area (Å²) in [5.74, 6) is -0.377. The molecule has 21 heavy (non-hydrogen) atoms. The number of aromatic nitrogens is 3. The molecule has 1 aromatic heterocycles. The van der Waals surface area contributed by atoms with Crippen LogP contribution < -0.4 is 10.1 Å². The Kier molecular flexibility index (Phi) is 3.94. The van der Waals surface area contributed by atoms with Crippen LogP contribution in [0.2, 0.25) is 0 Å². The Balaban J connectivity index is 2.30. The number of methoxy groups -OCH3 is 1. The topological polar surface area (TPSA) is 114 Å². The fourth-order valence-electron chi connectivity index (χ4n) is 1.64. The molecule has 2 aromatic rings. The zero-order valence-electron chi connectivity index (χ0n) is 11.7. The summed E-state index contributed by atoms with van der Waals surface area (Å²) in [5.41, 5.74) is 0.889. The zero-order chi connectivity index (χ0) is 15.6. The highest BCUT2D eigenvalue weighted by Crippen LogP contribution is 2.17. The molecule has 8 nitrogen and oxygen atoms in total. The minimum atomic E-state index is -3.38. The zero-order valence-corrected chi connectivity index (χ0v) is 12.5. The van der Waals surface area contributed by atoms with Gasteiger partial charge in [0.2, 0.25) is 5.95 Å². The largest absolute Gasteiger partial charge is 0.466 e. The van der Waals surface area contributed by atoms with Crippen molar-refractivity contribution < 1.29 is 17.9 Å². The smallest absolute Gasteiger partial charge is 0.336 e.